The Hall–Kier alpha value is -1.03. The second kappa shape index (κ2) is 2.70. The van der Waals surface area contributed by atoms with E-state index in [0.717, 1.165) is 0 Å². The van der Waals surface area contributed by atoms with Crippen LogP contribution in [0.15, 0.2) is 12.2 Å². The lowest BCUT2D eigenvalue weighted by molar-refractivity contribution is 0.184. The molecule has 56 valence electrons. The van der Waals surface area contributed by atoms with Gasteiger partial charge in [0.1, 0.15) is 0 Å². The van der Waals surface area contributed by atoms with E-state index in [9.17, 15) is 4.79 Å². The largest absolute Gasteiger partial charge is 0.465 e. The minimum Gasteiger partial charge on any atom is -0.465 e. The van der Waals surface area contributed by atoms with Crippen molar-refractivity contribution in [1.82, 2.24) is 5.32 Å². The predicted molar refractivity (Wildman–Crippen MR) is 34.7 cm³/mol. The van der Waals surface area contributed by atoms with E-state index in [1.807, 2.05) is 0 Å². The molecule has 0 saturated carbocycles. The van der Waals surface area contributed by atoms with Gasteiger partial charge in [-0.1, -0.05) is 12.2 Å². The summed E-state index contributed by atoms with van der Waals surface area (Å²) in [7, 11) is 0. The molecule has 0 unspecified atom stereocenters. The minimum atomic E-state index is -1.05. The van der Waals surface area contributed by atoms with E-state index in [4.69, 9.17) is 10.2 Å². The zero-order chi connectivity index (χ0) is 7.56. The minimum absolute atomic E-state index is 0.215. The summed E-state index contributed by atoms with van der Waals surface area (Å²) in [6.07, 6.45) is 2.15. The van der Waals surface area contributed by atoms with Crippen LogP contribution in [0.3, 0.4) is 0 Å². The van der Waals surface area contributed by atoms with Crippen molar-refractivity contribution in [2.24, 2.45) is 0 Å². The first kappa shape index (κ1) is 7.08. The Kier molecular flexibility index (Phi) is 1.91. The number of amides is 1. The molecule has 0 heterocycles. The molecular weight excluding hydrogens is 134 g/mol. The van der Waals surface area contributed by atoms with Crippen LogP contribution >= 0.6 is 0 Å². The van der Waals surface area contributed by atoms with E-state index in [-0.39, 0.29) is 6.04 Å². The molecule has 0 aromatic rings. The average molecular weight is 143 g/mol. The summed E-state index contributed by atoms with van der Waals surface area (Å²) >= 11 is 0. The molecule has 10 heavy (non-hydrogen) atoms. The maximum Gasteiger partial charge on any atom is 0.405 e. The van der Waals surface area contributed by atoms with Gasteiger partial charge in [-0.25, -0.2) is 4.79 Å². The number of hydrogen-bond donors (Lipinski definition) is 3. The lowest BCUT2D eigenvalue weighted by Gasteiger charge is -2.06. The van der Waals surface area contributed by atoms with Gasteiger partial charge in [0, 0.05) is 6.42 Å². The number of nitrogens with one attached hydrogen (secondary N) is 1. The molecule has 2 atom stereocenters. The highest BCUT2D eigenvalue weighted by Crippen LogP contribution is 2.09. The standard InChI is InChI=1S/C6H9NO3/c8-5-2-1-4(3-5)7-6(9)10/h1-2,4-5,7-8H,3H2,(H,9,10)/t4-,5+/m1/s1. The zero-order valence-electron chi connectivity index (χ0n) is 5.32. The Morgan fingerprint density at radius 3 is 2.70 bits per heavy atom. The van der Waals surface area contributed by atoms with E-state index in [0.29, 0.717) is 6.42 Å². The Morgan fingerprint density at radius 2 is 2.30 bits per heavy atom. The fourth-order valence-corrected chi connectivity index (χ4v) is 0.945. The van der Waals surface area contributed by atoms with Gasteiger partial charge in [-0.3, -0.25) is 0 Å². The zero-order valence-corrected chi connectivity index (χ0v) is 5.32. The van der Waals surface area contributed by atoms with Crippen LogP contribution in [0, 0.1) is 0 Å². The van der Waals surface area contributed by atoms with Crippen LogP contribution < -0.4 is 5.32 Å². The number of rotatable bonds is 1. The van der Waals surface area contributed by atoms with Crippen LogP contribution in [-0.4, -0.2) is 28.5 Å². The molecule has 1 aliphatic carbocycles. The molecular formula is C6H9NO3. The first-order chi connectivity index (χ1) is 4.68. The molecule has 1 amide bonds. The van der Waals surface area contributed by atoms with Gasteiger partial charge in [0.15, 0.2) is 0 Å². The summed E-state index contributed by atoms with van der Waals surface area (Å²) in [6.45, 7) is 0. The molecule has 4 nitrogen and oxygen atoms in total. The monoisotopic (exact) mass is 143 g/mol. The van der Waals surface area contributed by atoms with Crippen LogP contribution in [0.25, 0.3) is 0 Å². The topological polar surface area (TPSA) is 69.6 Å². The van der Waals surface area contributed by atoms with Crippen LogP contribution in [0.5, 0.6) is 0 Å². The molecule has 1 aliphatic rings. The molecule has 0 saturated heterocycles. The third-order valence-corrected chi connectivity index (χ3v) is 1.37. The number of hydrogen-bond acceptors (Lipinski definition) is 2. The normalized spacial score (nSPS) is 30.5. The first-order valence-electron chi connectivity index (χ1n) is 3.04. The predicted octanol–water partition coefficient (Wildman–Crippen LogP) is -0.0566. The maximum atomic E-state index is 10.0. The number of carbonyl (C=O) groups is 1. The van der Waals surface area contributed by atoms with Crippen molar-refractivity contribution in [2.75, 3.05) is 0 Å². The van der Waals surface area contributed by atoms with Crippen molar-refractivity contribution < 1.29 is 15.0 Å². The quantitative estimate of drug-likeness (QED) is 0.450. The Balaban J connectivity index is 2.33. The Morgan fingerprint density at radius 1 is 1.60 bits per heavy atom. The molecule has 4 heteroatoms. The number of carboxylic acid groups (broad SMARTS) is 1. The van der Waals surface area contributed by atoms with Crippen LogP contribution in [0.1, 0.15) is 6.42 Å². The van der Waals surface area contributed by atoms with Crippen molar-refractivity contribution in [3.63, 3.8) is 0 Å². The smallest absolute Gasteiger partial charge is 0.405 e. The van der Waals surface area contributed by atoms with Crippen LogP contribution in [0.4, 0.5) is 4.79 Å². The second-order valence-electron chi connectivity index (χ2n) is 2.24. The molecule has 0 bridgehead atoms. The summed E-state index contributed by atoms with van der Waals surface area (Å²) < 4.78 is 0. The molecule has 0 radical (unpaired) electrons. The van der Waals surface area contributed by atoms with E-state index in [1.165, 1.54) is 0 Å². The summed E-state index contributed by atoms with van der Waals surface area (Å²) in [5.41, 5.74) is 0. The lowest BCUT2D eigenvalue weighted by Crippen LogP contribution is -2.31. The lowest BCUT2D eigenvalue weighted by atomic mass is 10.2. The summed E-state index contributed by atoms with van der Waals surface area (Å²) in [4.78, 5) is 10.0. The summed E-state index contributed by atoms with van der Waals surface area (Å²) in [5.74, 6) is 0. The summed E-state index contributed by atoms with van der Waals surface area (Å²) in [6, 6.07) is -0.215. The molecule has 1 rings (SSSR count). The molecule has 0 aliphatic heterocycles. The van der Waals surface area contributed by atoms with Gasteiger partial charge in [-0.2, -0.15) is 0 Å². The van der Waals surface area contributed by atoms with Gasteiger partial charge in [-0.05, 0) is 0 Å². The van der Waals surface area contributed by atoms with Crippen molar-refractivity contribution in [3.8, 4) is 0 Å². The third-order valence-electron chi connectivity index (χ3n) is 1.37. The Labute approximate surface area is 58.2 Å². The van der Waals surface area contributed by atoms with Crippen molar-refractivity contribution in [2.45, 2.75) is 18.6 Å². The van der Waals surface area contributed by atoms with E-state index in [2.05, 4.69) is 5.32 Å². The highest BCUT2D eigenvalue weighted by molar-refractivity contribution is 5.65. The Bertz CT molecular complexity index is 166. The van der Waals surface area contributed by atoms with Crippen LogP contribution in [-0.2, 0) is 0 Å². The molecule has 0 aromatic heterocycles. The highest BCUT2D eigenvalue weighted by Gasteiger charge is 2.17. The summed E-state index contributed by atoms with van der Waals surface area (Å²) in [5, 5.41) is 19.4. The van der Waals surface area contributed by atoms with E-state index < -0.39 is 12.2 Å². The van der Waals surface area contributed by atoms with Gasteiger partial charge in [-0.15, -0.1) is 0 Å². The SMILES string of the molecule is O=C(O)N[C@@H]1C=C[C@H](O)C1. The first-order valence-corrected chi connectivity index (χ1v) is 3.04. The highest BCUT2D eigenvalue weighted by atomic mass is 16.4. The van der Waals surface area contributed by atoms with Crippen molar-refractivity contribution >= 4 is 6.09 Å². The molecule has 0 aromatic carbocycles. The fourth-order valence-electron chi connectivity index (χ4n) is 0.945. The molecule has 0 spiro atoms. The van der Waals surface area contributed by atoms with Crippen LogP contribution in [0.2, 0.25) is 0 Å². The average Bonchev–Trinajstić information content (AvgIpc) is 2.13. The number of aliphatic hydroxyl groups is 1. The number of aliphatic hydroxyl groups excluding tert-OH is 1. The van der Waals surface area contributed by atoms with Gasteiger partial charge in [0.2, 0.25) is 0 Å². The van der Waals surface area contributed by atoms with Gasteiger partial charge >= 0.3 is 6.09 Å². The molecule has 3 N–H and O–H groups in total. The van der Waals surface area contributed by atoms with Gasteiger partial charge < -0.3 is 15.5 Å². The van der Waals surface area contributed by atoms with E-state index >= 15 is 0 Å². The maximum absolute atomic E-state index is 10.0. The van der Waals surface area contributed by atoms with E-state index in [1.54, 1.807) is 12.2 Å². The third kappa shape index (κ3) is 1.73. The van der Waals surface area contributed by atoms with Gasteiger partial charge in [0.25, 0.3) is 0 Å². The van der Waals surface area contributed by atoms with Crippen molar-refractivity contribution in [3.05, 3.63) is 12.2 Å². The van der Waals surface area contributed by atoms with Gasteiger partial charge in [0.05, 0.1) is 12.1 Å². The molecule has 0 fully saturated rings. The second-order valence-corrected chi connectivity index (χ2v) is 2.24. The van der Waals surface area contributed by atoms with Crippen molar-refractivity contribution in [1.29, 1.82) is 0 Å². The fraction of sp³-hybridized carbons (Fsp3) is 0.500.